The molecular formula is C19H22N2O3. The van der Waals surface area contributed by atoms with Gasteiger partial charge in [0.15, 0.2) is 6.61 Å². The van der Waals surface area contributed by atoms with Crippen LogP contribution < -0.4 is 5.73 Å². The molecule has 0 bridgehead atoms. The fourth-order valence-electron chi connectivity index (χ4n) is 2.34. The Morgan fingerprint density at radius 1 is 1.12 bits per heavy atom. The topological polar surface area (TPSA) is 72.6 Å². The Labute approximate surface area is 142 Å². The minimum atomic E-state index is -0.592. The standard InChI is InChI=1S/C19H22N2O3/c1-13-8-7-11-16(18(13)20)19(23)24-12-17(22)21(3)14(2)15-9-5-4-6-10-15/h4-11,14H,12,20H2,1-3H3. The van der Waals surface area contributed by atoms with E-state index in [1.54, 1.807) is 24.1 Å². The zero-order valence-corrected chi connectivity index (χ0v) is 14.2. The van der Waals surface area contributed by atoms with Crippen LogP contribution in [0, 0.1) is 6.92 Å². The van der Waals surface area contributed by atoms with Crippen LogP contribution in [-0.2, 0) is 9.53 Å². The van der Waals surface area contributed by atoms with Crippen LogP contribution in [0.25, 0.3) is 0 Å². The van der Waals surface area contributed by atoms with E-state index in [1.165, 1.54) is 0 Å². The smallest absolute Gasteiger partial charge is 0.340 e. The number of para-hydroxylation sites is 1. The molecule has 0 aliphatic rings. The minimum absolute atomic E-state index is 0.110. The zero-order valence-electron chi connectivity index (χ0n) is 14.2. The Balaban J connectivity index is 1.97. The van der Waals surface area contributed by atoms with Crippen molar-refractivity contribution < 1.29 is 14.3 Å². The maximum Gasteiger partial charge on any atom is 0.340 e. The summed E-state index contributed by atoms with van der Waals surface area (Å²) >= 11 is 0. The molecule has 2 aromatic carbocycles. The number of esters is 1. The Morgan fingerprint density at radius 2 is 1.79 bits per heavy atom. The summed E-state index contributed by atoms with van der Waals surface area (Å²) in [6.07, 6.45) is 0. The van der Waals surface area contributed by atoms with Gasteiger partial charge in [0.2, 0.25) is 0 Å². The number of benzene rings is 2. The molecule has 5 nitrogen and oxygen atoms in total. The summed E-state index contributed by atoms with van der Waals surface area (Å²) in [6, 6.07) is 14.7. The molecule has 126 valence electrons. The Hall–Kier alpha value is -2.82. The summed E-state index contributed by atoms with van der Waals surface area (Å²) in [5.74, 6) is -0.865. The highest BCUT2D eigenvalue weighted by atomic mass is 16.5. The summed E-state index contributed by atoms with van der Waals surface area (Å²) in [6.45, 7) is 3.42. The van der Waals surface area contributed by atoms with E-state index in [-0.39, 0.29) is 24.1 Å². The zero-order chi connectivity index (χ0) is 17.7. The van der Waals surface area contributed by atoms with Crippen molar-refractivity contribution in [2.24, 2.45) is 0 Å². The van der Waals surface area contributed by atoms with Crippen molar-refractivity contribution in [2.45, 2.75) is 19.9 Å². The summed E-state index contributed by atoms with van der Waals surface area (Å²) in [5.41, 5.74) is 8.35. The van der Waals surface area contributed by atoms with Crippen LogP contribution in [0.3, 0.4) is 0 Å². The molecule has 0 fully saturated rings. The summed E-state index contributed by atoms with van der Waals surface area (Å²) < 4.78 is 5.12. The molecule has 1 unspecified atom stereocenters. The van der Waals surface area contributed by atoms with Gasteiger partial charge in [0, 0.05) is 12.7 Å². The quantitative estimate of drug-likeness (QED) is 0.677. The first-order valence-electron chi connectivity index (χ1n) is 7.74. The average molecular weight is 326 g/mol. The van der Waals surface area contributed by atoms with Crippen LogP contribution in [-0.4, -0.2) is 30.4 Å². The van der Waals surface area contributed by atoms with Gasteiger partial charge in [0.05, 0.1) is 11.6 Å². The number of hydrogen-bond donors (Lipinski definition) is 1. The third-order valence-corrected chi connectivity index (χ3v) is 4.13. The largest absolute Gasteiger partial charge is 0.452 e. The van der Waals surface area contributed by atoms with E-state index in [0.29, 0.717) is 5.69 Å². The fourth-order valence-corrected chi connectivity index (χ4v) is 2.34. The van der Waals surface area contributed by atoms with Gasteiger partial charge in [0.25, 0.3) is 5.91 Å². The normalized spacial score (nSPS) is 11.6. The molecule has 0 radical (unpaired) electrons. The first-order chi connectivity index (χ1) is 11.4. The van der Waals surface area contributed by atoms with Crippen LogP contribution in [0.2, 0.25) is 0 Å². The molecule has 2 rings (SSSR count). The maximum atomic E-state index is 12.3. The lowest BCUT2D eigenvalue weighted by molar-refractivity contribution is -0.135. The monoisotopic (exact) mass is 326 g/mol. The van der Waals surface area contributed by atoms with E-state index >= 15 is 0 Å². The van der Waals surface area contributed by atoms with E-state index in [0.717, 1.165) is 11.1 Å². The number of rotatable bonds is 5. The van der Waals surface area contributed by atoms with Gasteiger partial charge in [0.1, 0.15) is 0 Å². The molecule has 1 atom stereocenters. The molecule has 0 aromatic heterocycles. The van der Waals surface area contributed by atoms with Gasteiger partial charge < -0.3 is 15.4 Å². The number of carbonyl (C=O) groups excluding carboxylic acids is 2. The second-order valence-electron chi connectivity index (χ2n) is 5.70. The van der Waals surface area contributed by atoms with Gasteiger partial charge in [-0.05, 0) is 31.0 Å². The number of aryl methyl sites for hydroxylation is 1. The van der Waals surface area contributed by atoms with Gasteiger partial charge in [-0.1, -0.05) is 42.5 Å². The van der Waals surface area contributed by atoms with Gasteiger partial charge in [-0.3, -0.25) is 4.79 Å². The molecule has 0 saturated carbocycles. The number of anilines is 1. The molecule has 24 heavy (non-hydrogen) atoms. The molecular weight excluding hydrogens is 304 g/mol. The predicted molar refractivity (Wildman–Crippen MR) is 93.5 cm³/mol. The van der Waals surface area contributed by atoms with E-state index in [4.69, 9.17) is 10.5 Å². The van der Waals surface area contributed by atoms with E-state index < -0.39 is 5.97 Å². The fraction of sp³-hybridized carbons (Fsp3) is 0.263. The average Bonchev–Trinajstić information content (AvgIpc) is 2.61. The summed E-state index contributed by atoms with van der Waals surface area (Å²) in [5, 5.41) is 0. The molecule has 5 heteroatoms. The maximum absolute atomic E-state index is 12.3. The highest BCUT2D eigenvalue weighted by molar-refractivity contribution is 5.96. The van der Waals surface area contributed by atoms with Crippen molar-refractivity contribution >= 4 is 17.6 Å². The number of nitrogen functional groups attached to an aromatic ring is 1. The van der Waals surface area contributed by atoms with Crippen LogP contribution in [0.1, 0.15) is 34.5 Å². The molecule has 2 N–H and O–H groups in total. The molecule has 0 aliphatic carbocycles. The second kappa shape index (κ2) is 7.64. The van der Waals surface area contributed by atoms with Crippen LogP contribution in [0.15, 0.2) is 48.5 Å². The van der Waals surface area contributed by atoms with Crippen LogP contribution >= 0.6 is 0 Å². The number of likely N-dealkylation sites (N-methyl/N-ethyl adjacent to an activating group) is 1. The summed E-state index contributed by atoms with van der Waals surface area (Å²) in [7, 11) is 1.69. The minimum Gasteiger partial charge on any atom is -0.452 e. The lowest BCUT2D eigenvalue weighted by atomic mass is 10.1. The highest BCUT2D eigenvalue weighted by Gasteiger charge is 2.20. The first kappa shape index (κ1) is 17.5. The van der Waals surface area contributed by atoms with Gasteiger partial charge >= 0.3 is 5.97 Å². The third-order valence-electron chi connectivity index (χ3n) is 4.13. The molecule has 2 aromatic rings. The lowest BCUT2D eigenvalue weighted by Gasteiger charge is -2.25. The van der Waals surface area contributed by atoms with Crippen LogP contribution in [0.4, 0.5) is 5.69 Å². The number of carbonyl (C=O) groups is 2. The second-order valence-corrected chi connectivity index (χ2v) is 5.70. The molecule has 0 heterocycles. The van der Waals surface area contributed by atoms with E-state index in [2.05, 4.69) is 0 Å². The number of nitrogens with two attached hydrogens (primary N) is 1. The van der Waals surface area contributed by atoms with Crippen molar-refractivity contribution in [1.82, 2.24) is 4.90 Å². The SMILES string of the molecule is Cc1cccc(C(=O)OCC(=O)N(C)C(C)c2ccccc2)c1N. The van der Waals surface area contributed by atoms with E-state index in [1.807, 2.05) is 50.2 Å². The van der Waals surface area contributed by atoms with Gasteiger partial charge in [-0.15, -0.1) is 0 Å². The highest BCUT2D eigenvalue weighted by Crippen LogP contribution is 2.19. The van der Waals surface area contributed by atoms with Gasteiger partial charge in [-0.25, -0.2) is 4.79 Å². The third kappa shape index (κ3) is 3.93. The van der Waals surface area contributed by atoms with Crippen molar-refractivity contribution in [3.05, 3.63) is 65.2 Å². The molecule has 1 amide bonds. The Bertz CT molecular complexity index is 729. The predicted octanol–water partition coefficient (Wildman–Crippen LogP) is 2.95. The number of hydrogen-bond acceptors (Lipinski definition) is 4. The van der Waals surface area contributed by atoms with Crippen molar-refractivity contribution in [3.63, 3.8) is 0 Å². The van der Waals surface area contributed by atoms with Crippen molar-refractivity contribution in [2.75, 3.05) is 19.4 Å². The molecule has 0 spiro atoms. The van der Waals surface area contributed by atoms with Crippen molar-refractivity contribution in [1.29, 1.82) is 0 Å². The Kier molecular flexibility index (Phi) is 5.58. The molecule has 0 saturated heterocycles. The first-order valence-corrected chi connectivity index (χ1v) is 7.74. The van der Waals surface area contributed by atoms with E-state index in [9.17, 15) is 9.59 Å². The number of nitrogens with zero attached hydrogens (tertiary/aromatic N) is 1. The van der Waals surface area contributed by atoms with Crippen molar-refractivity contribution in [3.8, 4) is 0 Å². The number of ether oxygens (including phenoxy) is 1. The Morgan fingerprint density at radius 3 is 2.46 bits per heavy atom. The molecule has 0 aliphatic heterocycles. The van der Waals surface area contributed by atoms with Gasteiger partial charge in [-0.2, -0.15) is 0 Å². The van der Waals surface area contributed by atoms with Crippen LogP contribution in [0.5, 0.6) is 0 Å². The summed E-state index contributed by atoms with van der Waals surface area (Å²) in [4.78, 5) is 25.9. The lowest BCUT2D eigenvalue weighted by Crippen LogP contribution is -2.33. The number of amides is 1.